The minimum Gasteiger partial charge on any atom is -0.388 e. The normalized spacial score (nSPS) is 11.2. The van der Waals surface area contributed by atoms with Crippen molar-refractivity contribution in [3.8, 4) is 0 Å². The number of hydrogen-bond donors (Lipinski definition) is 3. The predicted molar refractivity (Wildman–Crippen MR) is 62.7 cm³/mol. The summed E-state index contributed by atoms with van der Waals surface area (Å²) in [5.74, 6) is -0.415. The van der Waals surface area contributed by atoms with Crippen molar-refractivity contribution in [2.75, 3.05) is 6.54 Å². The minimum atomic E-state index is -0.891. The minimum absolute atomic E-state index is 0.124. The van der Waals surface area contributed by atoms with Crippen LogP contribution in [-0.2, 0) is 0 Å². The number of aromatic amines is 1. The molecule has 1 aromatic rings. The summed E-state index contributed by atoms with van der Waals surface area (Å²) in [6.45, 7) is 3.88. The highest BCUT2D eigenvalue weighted by Crippen LogP contribution is 2.12. The van der Waals surface area contributed by atoms with Crippen LogP contribution >= 0.6 is 0 Å². The van der Waals surface area contributed by atoms with E-state index in [9.17, 15) is 14.7 Å². The van der Waals surface area contributed by atoms with Crippen molar-refractivity contribution in [2.24, 2.45) is 0 Å². The van der Waals surface area contributed by atoms with Gasteiger partial charge in [0, 0.05) is 12.6 Å². The molecule has 0 radical (unpaired) electrons. The number of amides is 1. The number of rotatable bonds is 5. The van der Waals surface area contributed by atoms with Gasteiger partial charge in [0.05, 0.1) is 5.60 Å². The van der Waals surface area contributed by atoms with E-state index in [0.717, 1.165) is 0 Å². The van der Waals surface area contributed by atoms with Crippen molar-refractivity contribution in [3.05, 3.63) is 28.2 Å². The molecule has 0 aliphatic rings. The van der Waals surface area contributed by atoms with Crippen molar-refractivity contribution < 1.29 is 9.90 Å². The van der Waals surface area contributed by atoms with E-state index >= 15 is 0 Å². The lowest BCUT2D eigenvalue weighted by molar-refractivity contribution is 0.0313. The molecule has 0 spiro atoms. The first-order valence-electron chi connectivity index (χ1n) is 5.57. The predicted octanol–water partition coefficient (Wildman–Crippen LogP) is 0.0508. The maximum absolute atomic E-state index is 11.6. The molecule has 1 heterocycles. The van der Waals surface area contributed by atoms with E-state index in [4.69, 9.17) is 0 Å². The second kappa shape index (κ2) is 5.58. The van der Waals surface area contributed by atoms with Gasteiger partial charge in [-0.2, -0.15) is 5.10 Å². The molecule has 0 saturated carbocycles. The average molecular weight is 239 g/mol. The van der Waals surface area contributed by atoms with Gasteiger partial charge in [-0.15, -0.1) is 0 Å². The molecule has 1 amide bonds. The van der Waals surface area contributed by atoms with Crippen LogP contribution in [0.3, 0.4) is 0 Å². The highest BCUT2D eigenvalue weighted by molar-refractivity contribution is 5.91. The summed E-state index contributed by atoms with van der Waals surface area (Å²) in [5, 5.41) is 18.3. The van der Waals surface area contributed by atoms with Crippen LogP contribution in [0.5, 0.6) is 0 Å². The SMILES string of the molecule is CCC(O)(CC)CNC(=O)c1ccc(=O)[nH]n1. The first-order valence-corrected chi connectivity index (χ1v) is 5.57. The largest absolute Gasteiger partial charge is 0.388 e. The Hall–Kier alpha value is -1.69. The molecule has 94 valence electrons. The van der Waals surface area contributed by atoms with Crippen molar-refractivity contribution >= 4 is 5.91 Å². The molecule has 0 aromatic carbocycles. The molecule has 17 heavy (non-hydrogen) atoms. The monoisotopic (exact) mass is 239 g/mol. The van der Waals surface area contributed by atoms with Crippen LogP contribution in [0.15, 0.2) is 16.9 Å². The third-order valence-electron chi connectivity index (χ3n) is 2.81. The van der Waals surface area contributed by atoms with Crippen molar-refractivity contribution in [1.29, 1.82) is 0 Å². The van der Waals surface area contributed by atoms with Gasteiger partial charge >= 0.3 is 0 Å². The third kappa shape index (κ3) is 3.67. The van der Waals surface area contributed by atoms with Crippen molar-refractivity contribution in [1.82, 2.24) is 15.5 Å². The second-order valence-corrected chi connectivity index (χ2v) is 3.92. The van der Waals surface area contributed by atoms with Crippen LogP contribution in [0.2, 0.25) is 0 Å². The molecule has 0 bridgehead atoms. The van der Waals surface area contributed by atoms with E-state index in [1.807, 2.05) is 13.8 Å². The highest BCUT2D eigenvalue weighted by Gasteiger charge is 2.23. The fourth-order valence-electron chi connectivity index (χ4n) is 1.31. The molecule has 6 heteroatoms. The molecular weight excluding hydrogens is 222 g/mol. The summed E-state index contributed by atoms with van der Waals surface area (Å²) >= 11 is 0. The number of nitrogens with one attached hydrogen (secondary N) is 2. The van der Waals surface area contributed by atoms with E-state index in [2.05, 4.69) is 15.5 Å². The van der Waals surface area contributed by atoms with Gasteiger partial charge in [0.1, 0.15) is 5.69 Å². The summed E-state index contributed by atoms with van der Waals surface area (Å²) in [4.78, 5) is 22.4. The van der Waals surface area contributed by atoms with Crippen LogP contribution in [0.4, 0.5) is 0 Å². The molecule has 3 N–H and O–H groups in total. The van der Waals surface area contributed by atoms with Crippen LogP contribution in [-0.4, -0.2) is 33.4 Å². The smallest absolute Gasteiger partial charge is 0.271 e. The number of H-pyrrole nitrogens is 1. The van der Waals surface area contributed by atoms with Gasteiger partial charge < -0.3 is 10.4 Å². The van der Waals surface area contributed by atoms with Crippen molar-refractivity contribution in [3.63, 3.8) is 0 Å². The van der Waals surface area contributed by atoms with Gasteiger partial charge in [-0.3, -0.25) is 9.59 Å². The molecule has 6 nitrogen and oxygen atoms in total. The Labute approximate surface area is 99.1 Å². The van der Waals surface area contributed by atoms with Crippen molar-refractivity contribution in [2.45, 2.75) is 32.3 Å². The quantitative estimate of drug-likeness (QED) is 0.676. The van der Waals surface area contributed by atoms with Gasteiger partial charge in [-0.05, 0) is 18.9 Å². The number of aromatic nitrogens is 2. The molecule has 1 aromatic heterocycles. The van der Waals surface area contributed by atoms with E-state index in [1.165, 1.54) is 12.1 Å². The van der Waals surface area contributed by atoms with Gasteiger partial charge in [0.15, 0.2) is 0 Å². The lowest BCUT2D eigenvalue weighted by Crippen LogP contribution is -2.42. The summed E-state index contributed by atoms with van der Waals surface area (Å²) in [7, 11) is 0. The lowest BCUT2D eigenvalue weighted by atomic mass is 9.97. The summed E-state index contributed by atoms with van der Waals surface area (Å²) < 4.78 is 0. The molecule has 0 atom stereocenters. The number of hydrogen-bond acceptors (Lipinski definition) is 4. The van der Waals surface area contributed by atoms with Gasteiger partial charge in [0.2, 0.25) is 0 Å². The first kappa shape index (κ1) is 13.4. The summed E-state index contributed by atoms with van der Waals surface area (Å²) in [6.07, 6.45) is 1.12. The van der Waals surface area contributed by atoms with Gasteiger partial charge in [-0.25, -0.2) is 5.10 Å². The van der Waals surface area contributed by atoms with Crippen LogP contribution in [0.25, 0.3) is 0 Å². The Morgan fingerprint density at radius 2 is 2.12 bits per heavy atom. The average Bonchev–Trinajstić information content (AvgIpc) is 2.36. The fourth-order valence-corrected chi connectivity index (χ4v) is 1.31. The Kier molecular flexibility index (Phi) is 4.39. The van der Waals surface area contributed by atoms with E-state index in [-0.39, 0.29) is 17.8 Å². The first-order chi connectivity index (χ1) is 8.00. The standard InChI is InChI=1S/C11H17N3O3/c1-3-11(17,4-2)7-12-10(16)8-5-6-9(15)14-13-8/h5-6,17H,3-4,7H2,1-2H3,(H,12,16)(H,14,15). The molecular formula is C11H17N3O3. The molecule has 0 unspecified atom stereocenters. The zero-order chi connectivity index (χ0) is 12.9. The highest BCUT2D eigenvalue weighted by atomic mass is 16.3. The van der Waals surface area contributed by atoms with Crippen LogP contribution < -0.4 is 10.9 Å². The lowest BCUT2D eigenvalue weighted by Gasteiger charge is -2.25. The summed E-state index contributed by atoms with van der Waals surface area (Å²) in [5.41, 5.74) is -1.13. The zero-order valence-corrected chi connectivity index (χ0v) is 9.99. The molecule has 1 rings (SSSR count). The maximum atomic E-state index is 11.6. The Morgan fingerprint density at radius 3 is 2.59 bits per heavy atom. The molecule has 0 fully saturated rings. The Balaban J connectivity index is 2.61. The van der Waals surface area contributed by atoms with Gasteiger partial charge in [0.25, 0.3) is 11.5 Å². The molecule has 0 saturated heterocycles. The maximum Gasteiger partial charge on any atom is 0.271 e. The van der Waals surface area contributed by atoms with E-state index < -0.39 is 11.5 Å². The number of nitrogens with zero attached hydrogens (tertiary/aromatic N) is 1. The molecule has 0 aliphatic carbocycles. The Bertz CT molecular complexity index is 417. The number of carbonyl (C=O) groups excluding carboxylic acids is 1. The Morgan fingerprint density at radius 1 is 1.47 bits per heavy atom. The topological polar surface area (TPSA) is 95.1 Å². The number of aliphatic hydroxyl groups is 1. The summed E-state index contributed by atoms with van der Waals surface area (Å²) in [6, 6.07) is 2.57. The van der Waals surface area contributed by atoms with Crippen LogP contribution in [0, 0.1) is 0 Å². The number of carbonyl (C=O) groups is 1. The van der Waals surface area contributed by atoms with Gasteiger partial charge in [-0.1, -0.05) is 13.8 Å². The fraction of sp³-hybridized carbons (Fsp3) is 0.545. The second-order valence-electron chi connectivity index (χ2n) is 3.92. The zero-order valence-electron chi connectivity index (χ0n) is 9.99. The third-order valence-corrected chi connectivity index (χ3v) is 2.81. The van der Waals surface area contributed by atoms with E-state index in [0.29, 0.717) is 12.8 Å². The van der Waals surface area contributed by atoms with Crippen LogP contribution in [0.1, 0.15) is 37.2 Å². The van der Waals surface area contributed by atoms with E-state index in [1.54, 1.807) is 0 Å². The molecule has 0 aliphatic heterocycles.